The molecule has 14 heteroatoms. The minimum Gasteiger partial charge on any atom is -0.356 e. The first-order valence-corrected chi connectivity index (χ1v) is 17.8. The van der Waals surface area contributed by atoms with E-state index in [-0.39, 0.29) is 48.0 Å². The molecule has 0 bridgehead atoms. The van der Waals surface area contributed by atoms with Gasteiger partial charge in [-0.1, -0.05) is 24.3 Å². The lowest BCUT2D eigenvalue weighted by atomic mass is 9.87. The second-order valence-corrected chi connectivity index (χ2v) is 13.4. The zero-order valence-corrected chi connectivity index (χ0v) is 29.2. The number of unbranched alkanes of at least 4 members (excludes halogenated alkanes) is 1. The summed E-state index contributed by atoms with van der Waals surface area (Å²) in [5.41, 5.74) is 2.96. The molecule has 1 aliphatic heterocycles. The van der Waals surface area contributed by atoms with Crippen LogP contribution in [0.3, 0.4) is 0 Å². The van der Waals surface area contributed by atoms with Crippen molar-refractivity contribution < 1.29 is 24.0 Å². The number of likely N-dealkylation sites (N-methyl/N-ethyl adjacent to an activating group) is 2. The normalized spacial score (nSPS) is 19.0. The highest BCUT2D eigenvalue weighted by Crippen LogP contribution is 2.30. The lowest BCUT2D eigenvalue weighted by molar-refractivity contribution is -0.142. The topological polar surface area (TPSA) is 174 Å². The molecule has 0 saturated carbocycles. The third-order valence-electron chi connectivity index (χ3n) is 9.16. The number of nitrogens with one attached hydrogen (secondary N) is 6. The van der Waals surface area contributed by atoms with Crippen molar-refractivity contribution in [1.82, 2.24) is 36.5 Å². The first-order valence-electron chi connectivity index (χ1n) is 17.0. The number of carbonyl (C=O) groups is 5. The summed E-state index contributed by atoms with van der Waals surface area (Å²) >= 11 is 1.26. The van der Waals surface area contributed by atoms with Crippen molar-refractivity contribution in [2.24, 2.45) is 0 Å². The summed E-state index contributed by atoms with van der Waals surface area (Å²) in [6.07, 6.45) is 5.77. The van der Waals surface area contributed by atoms with Crippen LogP contribution < -0.4 is 31.9 Å². The van der Waals surface area contributed by atoms with Crippen LogP contribution in [0.15, 0.2) is 29.6 Å². The van der Waals surface area contributed by atoms with Crippen LogP contribution in [-0.4, -0.2) is 90.8 Å². The number of aryl methyl sites for hydroxylation is 1. The number of hydrogen-bond donors (Lipinski definition) is 6. The minimum absolute atomic E-state index is 0.0761. The van der Waals surface area contributed by atoms with Crippen LogP contribution in [0.4, 0.5) is 5.13 Å². The van der Waals surface area contributed by atoms with Gasteiger partial charge in [-0.25, -0.2) is 4.98 Å². The summed E-state index contributed by atoms with van der Waals surface area (Å²) in [4.78, 5) is 70.8. The number of aromatic nitrogens is 1. The molecular formula is C34H50N8O5S. The Kier molecular flexibility index (Phi) is 13.9. The smallest absolute Gasteiger partial charge is 0.245 e. The van der Waals surface area contributed by atoms with Crippen molar-refractivity contribution in [3.05, 3.63) is 46.5 Å². The highest BCUT2D eigenvalue weighted by Gasteiger charge is 2.38. The molecule has 5 atom stereocenters. The van der Waals surface area contributed by atoms with Crippen LogP contribution >= 0.6 is 11.3 Å². The van der Waals surface area contributed by atoms with Crippen LogP contribution in [0.2, 0.25) is 0 Å². The van der Waals surface area contributed by atoms with Crippen LogP contribution in [0.1, 0.15) is 81.7 Å². The summed E-state index contributed by atoms with van der Waals surface area (Å²) in [5, 5.41) is 19.7. The number of likely N-dealkylation sites (tertiary alicyclic amines) is 1. The fourth-order valence-electron chi connectivity index (χ4n) is 6.08. The molecule has 2 heterocycles. The number of anilines is 1. The first kappa shape index (κ1) is 36.9. The summed E-state index contributed by atoms with van der Waals surface area (Å²) in [6.45, 7) is 4.32. The maximum Gasteiger partial charge on any atom is 0.245 e. The number of thiazole rings is 1. The largest absolute Gasteiger partial charge is 0.356 e. The van der Waals surface area contributed by atoms with Gasteiger partial charge in [0.25, 0.3) is 0 Å². The van der Waals surface area contributed by atoms with Crippen LogP contribution in [0.5, 0.6) is 0 Å². The average molecular weight is 683 g/mol. The van der Waals surface area contributed by atoms with Gasteiger partial charge < -0.3 is 36.8 Å². The number of hydrogen-bond acceptors (Lipinski definition) is 9. The van der Waals surface area contributed by atoms with Gasteiger partial charge in [0, 0.05) is 18.5 Å². The number of nitrogens with zero attached hydrogens (tertiary/aromatic N) is 2. The van der Waals surface area contributed by atoms with E-state index in [2.05, 4.69) is 49.0 Å². The molecule has 1 aromatic carbocycles. The van der Waals surface area contributed by atoms with E-state index >= 15 is 0 Å². The predicted molar refractivity (Wildman–Crippen MR) is 185 cm³/mol. The van der Waals surface area contributed by atoms with Crippen LogP contribution in [0, 0.1) is 0 Å². The molecule has 1 saturated heterocycles. The monoisotopic (exact) mass is 682 g/mol. The summed E-state index contributed by atoms with van der Waals surface area (Å²) < 4.78 is 0. The quantitative estimate of drug-likeness (QED) is 0.146. The molecule has 2 aliphatic rings. The third kappa shape index (κ3) is 10.1. The number of carbonyl (C=O) groups excluding carboxylic acids is 5. The summed E-state index contributed by atoms with van der Waals surface area (Å²) in [7, 11) is 3.38. The van der Waals surface area contributed by atoms with Crippen molar-refractivity contribution in [1.29, 1.82) is 0 Å². The Balaban J connectivity index is 1.28. The van der Waals surface area contributed by atoms with E-state index in [4.69, 9.17) is 0 Å². The van der Waals surface area contributed by atoms with Gasteiger partial charge in [0.1, 0.15) is 12.1 Å². The lowest BCUT2D eigenvalue weighted by Crippen LogP contribution is -2.55. The molecule has 13 nitrogen and oxygen atoms in total. The number of rotatable bonds is 16. The predicted octanol–water partition coefficient (Wildman–Crippen LogP) is 1.80. The van der Waals surface area contributed by atoms with Gasteiger partial charge in [0.15, 0.2) is 5.13 Å². The highest BCUT2D eigenvalue weighted by molar-refractivity contribution is 7.13. The van der Waals surface area contributed by atoms with Crippen molar-refractivity contribution in [2.45, 2.75) is 102 Å². The lowest BCUT2D eigenvalue weighted by Gasteiger charge is -2.32. The van der Waals surface area contributed by atoms with Gasteiger partial charge in [0.2, 0.25) is 29.5 Å². The van der Waals surface area contributed by atoms with Gasteiger partial charge in [-0.2, -0.15) is 0 Å². The molecule has 4 rings (SSSR count). The van der Waals surface area contributed by atoms with Crippen LogP contribution in [0.25, 0.3) is 0 Å². The van der Waals surface area contributed by atoms with Gasteiger partial charge >= 0.3 is 0 Å². The van der Waals surface area contributed by atoms with Gasteiger partial charge in [-0.05, 0) is 90.4 Å². The average Bonchev–Trinajstić information content (AvgIpc) is 3.76. The van der Waals surface area contributed by atoms with Crippen molar-refractivity contribution in [3.63, 3.8) is 0 Å². The van der Waals surface area contributed by atoms with Gasteiger partial charge in [-0.15, -0.1) is 11.3 Å². The molecule has 5 amide bonds. The molecule has 262 valence electrons. The SMILES string of the molecule is CN[C@@H](C)C(=O)Nc1nc(CC(=O)NCCCC[C@H](NC(=O)[C@H](C)NC)C(=O)N2CCC[C@H]2C(=O)N[C@@H]2CCCc3ccccc32)cs1. The molecule has 1 aromatic heterocycles. The maximum absolute atomic E-state index is 13.9. The van der Waals surface area contributed by atoms with Crippen molar-refractivity contribution in [2.75, 3.05) is 32.5 Å². The zero-order chi connectivity index (χ0) is 34.6. The van der Waals surface area contributed by atoms with Gasteiger partial charge in [-0.3, -0.25) is 24.0 Å². The fourth-order valence-corrected chi connectivity index (χ4v) is 6.79. The molecule has 0 spiro atoms. The van der Waals surface area contributed by atoms with E-state index < -0.39 is 18.1 Å². The van der Waals surface area contributed by atoms with E-state index in [1.807, 2.05) is 12.1 Å². The van der Waals surface area contributed by atoms with Crippen molar-refractivity contribution >= 4 is 46.0 Å². The Labute approximate surface area is 286 Å². The Morgan fingerprint density at radius 2 is 1.73 bits per heavy atom. The first-order chi connectivity index (χ1) is 23.1. The Morgan fingerprint density at radius 1 is 0.979 bits per heavy atom. The highest BCUT2D eigenvalue weighted by atomic mass is 32.1. The van der Waals surface area contributed by atoms with Crippen LogP contribution in [-0.2, 0) is 36.8 Å². The summed E-state index contributed by atoms with van der Waals surface area (Å²) in [5.74, 6) is -1.10. The van der Waals surface area contributed by atoms with E-state index in [9.17, 15) is 24.0 Å². The Hall–Kier alpha value is -3.88. The van der Waals surface area contributed by atoms with Gasteiger partial charge in [0.05, 0.1) is 30.2 Å². The number of amides is 5. The summed E-state index contributed by atoms with van der Waals surface area (Å²) in [6, 6.07) is 5.88. The van der Waals surface area contributed by atoms with E-state index in [0.717, 1.165) is 24.8 Å². The van der Waals surface area contributed by atoms with Crippen molar-refractivity contribution in [3.8, 4) is 0 Å². The molecular weight excluding hydrogens is 632 g/mol. The number of benzene rings is 1. The molecule has 48 heavy (non-hydrogen) atoms. The second-order valence-electron chi connectivity index (χ2n) is 12.6. The second kappa shape index (κ2) is 18.0. The van der Waals surface area contributed by atoms with E-state index in [1.54, 1.807) is 38.2 Å². The molecule has 6 N–H and O–H groups in total. The van der Waals surface area contributed by atoms with E-state index in [1.165, 1.54) is 16.9 Å². The standard InChI is InChI=1S/C34H50N8O5S/c1-21(35-3)30(44)40-27(14-7-8-17-37-29(43)19-24-20-48-34(38-24)41-31(45)22(2)36-4)33(47)42-18-10-16-28(42)32(46)39-26-15-9-12-23-11-5-6-13-25(23)26/h5-6,11,13,20-22,26-28,35-36H,7-10,12,14-19H2,1-4H3,(H,37,43)(H,39,46)(H,40,44)(H,38,41,45)/t21-,22-,26+,27-,28-/m0/s1. The molecule has 1 aliphatic carbocycles. The fraction of sp³-hybridized carbons (Fsp3) is 0.588. The Bertz CT molecular complexity index is 1430. The minimum atomic E-state index is -0.790. The maximum atomic E-state index is 13.9. The van der Waals surface area contributed by atoms with E-state index in [0.29, 0.717) is 56.0 Å². The molecule has 1 fully saturated rings. The molecule has 0 unspecified atom stereocenters. The zero-order valence-electron chi connectivity index (χ0n) is 28.4. The third-order valence-corrected chi connectivity index (χ3v) is 9.96. The number of fused-ring (bicyclic) bond motifs is 1. The Morgan fingerprint density at radius 3 is 2.50 bits per heavy atom. The molecule has 0 radical (unpaired) electrons. The molecule has 2 aromatic rings.